The van der Waals surface area contributed by atoms with Gasteiger partial charge in [0, 0.05) is 17.7 Å². The lowest BCUT2D eigenvalue weighted by Crippen LogP contribution is -2.13. The molecule has 3 heteroatoms. The van der Waals surface area contributed by atoms with E-state index in [4.69, 9.17) is 11.6 Å². The summed E-state index contributed by atoms with van der Waals surface area (Å²) in [6.07, 6.45) is 19.5. The standard InChI is InChI=1S/C29H42ClNO/c1-3-5-6-7-8-9-10-11-12-13-14-15-16-27(26-21-22-28(30)31-23-26)29(32)25-19-17-24(4-2)18-20-25/h17-23,27H,3-16H2,1-2H3. The van der Waals surface area contributed by atoms with Crippen molar-refractivity contribution in [2.24, 2.45) is 0 Å². The van der Waals surface area contributed by atoms with E-state index in [0.29, 0.717) is 5.15 Å². The fraction of sp³-hybridized carbons (Fsp3) is 0.586. The number of pyridine rings is 1. The second-order valence-corrected chi connectivity index (χ2v) is 9.45. The molecule has 0 aliphatic rings. The van der Waals surface area contributed by atoms with Crippen molar-refractivity contribution in [2.75, 3.05) is 0 Å². The highest BCUT2D eigenvalue weighted by molar-refractivity contribution is 6.29. The molecule has 0 saturated heterocycles. The van der Waals surface area contributed by atoms with Crippen molar-refractivity contribution in [3.8, 4) is 0 Å². The highest BCUT2D eigenvalue weighted by Crippen LogP contribution is 2.28. The highest BCUT2D eigenvalue weighted by atomic mass is 35.5. The molecule has 176 valence electrons. The molecular formula is C29H42ClNO. The topological polar surface area (TPSA) is 30.0 Å². The van der Waals surface area contributed by atoms with Crippen LogP contribution in [0.1, 0.15) is 125 Å². The van der Waals surface area contributed by atoms with Crippen LogP contribution < -0.4 is 0 Å². The zero-order chi connectivity index (χ0) is 23.0. The van der Waals surface area contributed by atoms with Crippen LogP contribution in [0, 0.1) is 0 Å². The van der Waals surface area contributed by atoms with E-state index in [0.717, 1.165) is 30.4 Å². The second-order valence-electron chi connectivity index (χ2n) is 9.06. The van der Waals surface area contributed by atoms with E-state index in [2.05, 4.69) is 31.0 Å². The molecule has 0 N–H and O–H groups in total. The molecule has 32 heavy (non-hydrogen) atoms. The van der Waals surface area contributed by atoms with Crippen LogP contribution >= 0.6 is 11.6 Å². The number of aryl methyl sites for hydroxylation is 1. The van der Waals surface area contributed by atoms with Crippen LogP contribution in [0.4, 0.5) is 0 Å². The van der Waals surface area contributed by atoms with Gasteiger partial charge < -0.3 is 0 Å². The average Bonchev–Trinajstić information content (AvgIpc) is 2.82. The molecule has 1 atom stereocenters. The molecular weight excluding hydrogens is 414 g/mol. The molecule has 1 aromatic heterocycles. The van der Waals surface area contributed by atoms with Crippen molar-refractivity contribution in [3.63, 3.8) is 0 Å². The number of aromatic nitrogens is 1. The largest absolute Gasteiger partial charge is 0.293 e. The van der Waals surface area contributed by atoms with E-state index in [1.54, 1.807) is 12.3 Å². The predicted octanol–water partition coefficient (Wildman–Crippen LogP) is 9.36. The number of unbranched alkanes of at least 4 members (excludes halogenated alkanes) is 11. The Morgan fingerprint density at radius 3 is 1.84 bits per heavy atom. The van der Waals surface area contributed by atoms with Gasteiger partial charge in [0.05, 0.1) is 0 Å². The van der Waals surface area contributed by atoms with Crippen LogP contribution in [-0.2, 0) is 6.42 Å². The van der Waals surface area contributed by atoms with Gasteiger partial charge in [-0.1, -0.05) is 133 Å². The van der Waals surface area contributed by atoms with E-state index < -0.39 is 0 Å². The summed E-state index contributed by atoms with van der Waals surface area (Å²) in [6, 6.07) is 11.8. The first-order valence-electron chi connectivity index (χ1n) is 12.9. The molecule has 2 nitrogen and oxygen atoms in total. The van der Waals surface area contributed by atoms with Gasteiger partial charge in [-0.05, 0) is 30.0 Å². The van der Waals surface area contributed by atoms with Crippen LogP contribution in [0.15, 0.2) is 42.6 Å². The summed E-state index contributed by atoms with van der Waals surface area (Å²) in [6.45, 7) is 4.40. The maximum atomic E-state index is 13.3. The molecule has 0 spiro atoms. The Bertz CT molecular complexity index is 754. The first-order chi connectivity index (χ1) is 15.7. The van der Waals surface area contributed by atoms with Crippen molar-refractivity contribution in [3.05, 3.63) is 64.4 Å². The Kier molecular flexibility index (Phi) is 13.3. The highest BCUT2D eigenvalue weighted by Gasteiger charge is 2.22. The molecule has 0 aliphatic heterocycles. The summed E-state index contributed by atoms with van der Waals surface area (Å²) >= 11 is 5.98. The molecule has 0 radical (unpaired) electrons. The van der Waals surface area contributed by atoms with Gasteiger partial charge in [0.2, 0.25) is 0 Å². The van der Waals surface area contributed by atoms with Crippen LogP contribution in [0.2, 0.25) is 5.15 Å². The number of carbonyl (C=O) groups is 1. The Hall–Kier alpha value is -1.67. The van der Waals surface area contributed by atoms with Crippen molar-refractivity contribution in [2.45, 2.75) is 110 Å². The maximum absolute atomic E-state index is 13.3. The molecule has 1 aromatic carbocycles. The first kappa shape index (κ1) is 26.6. The van der Waals surface area contributed by atoms with Crippen LogP contribution in [0.5, 0.6) is 0 Å². The number of nitrogens with zero attached hydrogens (tertiary/aromatic N) is 1. The Morgan fingerprint density at radius 1 is 0.781 bits per heavy atom. The summed E-state index contributed by atoms with van der Waals surface area (Å²) in [7, 11) is 0. The SMILES string of the molecule is CCCCCCCCCCCCCCC(C(=O)c1ccc(CC)cc1)c1ccc(Cl)nc1. The number of carbonyl (C=O) groups excluding carboxylic acids is 1. The molecule has 2 aromatic rings. The minimum Gasteiger partial charge on any atom is -0.293 e. The van der Waals surface area contributed by atoms with Gasteiger partial charge in [-0.25, -0.2) is 4.98 Å². The molecule has 0 bridgehead atoms. The van der Waals surface area contributed by atoms with Gasteiger partial charge in [-0.2, -0.15) is 0 Å². The third kappa shape index (κ3) is 9.86. The number of hydrogen-bond donors (Lipinski definition) is 0. The van der Waals surface area contributed by atoms with Crippen molar-refractivity contribution < 1.29 is 4.79 Å². The molecule has 1 heterocycles. The quantitative estimate of drug-likeness (QED) is 0.135. The Labute approximate surface area is 201 Å². The number of ketones is 1. The lowest BCUT2D eigenvalue weighted by Gasteiger charge is -2.16. The number of halogens is 1. The third-order valence-electron chi connectivity index (χ3n) is 6.46. The lowest BCUT2D eigenvalue weighted by atomic mass is 9.86. The van der Waals surface area contributed by atoms with Crippen LogP contribution in [0.25, 0.3) is 0 Å². The Balaban J connectivity index is 1.77. The third-order valence-corrected chi connectivity index (χ3v) is 6.69. The molecule has 0 saturated carbocycles. The molecule has 0 aliphatic carbocycles. The fourth-order valence-corrected chi connectivity index (χ4v) is 4.45. The summed E-state index contributed by atoms with van der Waals surface area (Å²) in [5.74, 6) is 0.0511. The van der Waals surface area contributed by atoms with Crippen molar-refractivity contribution in [1.82, 2.24) is 4.98 Å². The summed E-state index contributed by atoms with van der Waals surface area (Å²) in [5, 5.41) is 0.470. The van der Waals surface area contributed by atoms with E-state index in [9.17, 15) is 4.79 Å². The summed E-state index contributed by atoms with van der Waals surface area (Å²) < 4.78 is 0. The molecule has 1 unspecified atom stereocenters. The van der Waals surface area contributed by atoms with Gasteiger partial charge in [0.15, 0.2) is 5.78 Å². The first-order valence-corrected chi connectivity index (χ1v) is 13.3. The van der Waals surface area contributed by atoms with Gasteiger partial charge in [-0.3, -0.25) is 4.79 Å². The minimum absolute atomic E-state index is 0.143. The van der Waals surface area contributed by atoms with E-state index in [1.165, 1.54) is 76.2 Å². The fourth-order valence-electron chi connectivity index (χ4n) is 4.34. The Morgan fingerprint density at radius 2 is 1.34 bits per heavy atom. The number of hydrogen-bond acceptors (Lipinski definition) is 2. The van der Waals surface area contributed by atoms with Crippen molar-refractivity contribution in [1.29, 1.82) is 0 Å². The average molecular weight is 456 g/mol. The maximum Gasteiger partial charge on any atom is 0.170 e. The second kappa shape index (κ2) is 16.0. The lowest BCUT2D eigenvalue weighted by molar-refractivity contribution is 0.0953. The molecule has 0 fully saturated rings. The van der Waals surface area contributed by atoms with Crippen molar-refractivity contribution >= 4 is 17.4 Å². The van der Waals surface area contributed by atoms with E-state index in [-0.39, 0.29) is 11.7 Å². The summed E-state index contributed by atoms with van der Waals surface area (Å²) in [5.41, 5.74) is 3.02. The zero-order valence-electron chi connectivity index (χ0n) is 20.3. The predicted molar refractivity (Wildman–Crippen MR) is 138 cm³/mol. The smallest absolute Gasteiger partial charge is 0.170 e. The van der Waals surface area contributed by atoms with Gasteiger partial charge >= 0.3 is 0 Å². The van der Waals surface area contributed by atoms with Gasteiger partial charge in [-0.15, -0.1) is 0 Å². The van der Waals surface area contributed by atoms with E-state index in [1.807, 2.05) is 18.2 Å². The minimum atomic E-state index is -0.143. The zero-order valence-corrected chi connectivity index (χ0v) is 21.0. The number of Topliss-reactive ketones (excluding diaryl/α,β-unsaturated/α-hetero) is 1. The molecule has 2 rings (SSSR count). The normalized spacial score (nSPS) is 12.1. The number of rotatable bonds is 17. The van der Waals surface area contributed by atoms with Gasteiger partial charge in [0.1, 0.15) is 5.15 Å². The summed E-state index contributed by atoms with van der Waals surface area (Å²) in [4.78, 5) is 17.5. The number of benzene rings is 1. The molecule has 0 amide bonds. The monoisotopic (exact) mass is 455 g/mol. The van der Waals surface area contributed by atoms with Crippen LogP contribution in [-0.4, -0.2) is 10.8 Å². The van der Waals surface area contributed by atoms with Crippen LogP contribution in [0.3, 0.4) is 0 Å². The van der Waals surface area contributed by atoms with E-state index >= 15 is 0 Å². The van der Waals surface area contributed by atoms with Gasteiger partial charge in [0.25, 0.3) is 0 Å².